The third kappa shape index (κ3) is 3.08. The second-order valence-electron chi connectivity index (χ2n) is 4.76. The van der Waals surface area contributed by atoms with Crippen LogP contribution in [0.1, 0.15) is 24.4 Å². The molecule has 0 saturated carbocycles. The SMILES string of the molecule is CCc1cnc(Cn2c(CCCl)nc3cc(I)ccc32)o1. The van der Waals surface area contributed by atoms with Gasteiger partial charge >= 0.3 is 0 Å². The molecule has 2 aromatic heterocycles. The Bertz CT molecular complexity index is 765. The number of alkyl halides is 1. The predicted molar refractivity (Wildman–Crippen MR) is 91.9 cm³/mol. The molecule has 2 heterocycles. The molecule has 6 heteroatoms. The van der Waals surface area contributed by atoms with Gasteiger partial charge in [-0.2, -0.15) is 0 Å². The highest BCUT2D eigenvalue weighted by molar-refractivity contribution is 14.1. The molecular weight excluding hydrogens is 401 g/mol. The Morgan fingerprint density at radius 2 is 2.24 bits per heavy atom. The second-order valence-corrected chi connectivity index (χ2v) is 6.38. The van der Waals surface area contributed by atoms with Crippen LogP contribution in [0.5, 0.6) is 0 Å². The fourth-order valence-corrected chi connectivity index (χ4v) is 2.97. The lowest BCUT2D eigenvalue weighted by Crippen LogP contribution is -2.06. The van der Waals surface area contributed by atoms with Gasteiger partial charge in [0.2, 0.25) is 5.89 Å². The summed E-state index contributed by atoms with van der Waals surface area (Å²) >= 11 is 8.20. The molecule has 0 aliphatic heterocycles. The van der Waals surface area contributed by atoms with Crippen LogP contribution in [0.15, 0.2) is 28.8 Å². The largest absolute Gasteiger partial charge is 0.444 e. The van der Waals surface area contributed by atoms with E-state index in [2.05, 4.69) is 57.3 Å². The number of rotatable bonds is 5. The van der Waals surface area contributed by atoms with Gasteiger partial charge in [-0.1, -0.05) is 6.92 Å². The smallest absolute Gasteiger partial charge is 0.214 e. The minimum Gasteiger partial charge on any atom is -0.444 e. The summed E-state index contributed by atoms with van der Waals surface area (Å²) in [6.07, 6.45) is 3.37. The average molecular weight is 416 g/mol. The summed E-state index contributed by atoms with van der Waals surface area (Å²) in [4.78, 5) is 9.03. The Kier molecular flexibility index (Phi) is 4.49. The third-order valence-electron chi connectivity index (χ3n) is 3.35. The number of aromatic nitrogens is 3. The monoisotopic (exact) mass is 415 g/mol. The Balaban J connectivity index is 2.03. The minimum atomic E-state index is 0.548. The molecule has 110 valence electrons. The van der Waals surface area contributed by atoms with Crippen molar-refractivity contribution in [3.05, 3.63) is 45.4 Å². The molecule has 0 atom stereocenters. The van der Waals surface area contributed by atoms with E-state index in [1.807, 2.05) is 0 Å². The van der Waals surface area contributed by atoms with E-state index in [4.69, 9.17) is 21.0 Å². The first kappa shape index (κ1) is 14.8. The van der Waals surface area contributed by atoms with Gasteiger partial charge in [-0.25, -0.2) is 9.97 Å². The number of imidazole rings is 1. The van der Waals surface area contributed by atoms with Crippen LogP contribution in [0.3, 0.4) is 0 Å². The van der Waals surface area contributed by atoms with Crippen LogP contribution in [-0.2, 0) is 19.4 Å². The molecule has 3 aromatic rings. The average Bonchev–Trinajstić information content (AvgIpc) is 3.05. The maximum Gasteiger partial charge on any atom is 0.214 e. The van der Waals surface area contributed by atoms with Crippen molar-refractivity contribution in [3.63, 3.8) is 0 Å². The summed E-state index contributed by atoms with van der Waals surface area (Å²) in [5.74, 6) is 3.13. The highest BCUT2D eigenvalue weighted by Gasteiger charge is 2.13. The lowest BCUT2D eigenvalue weighted by Gasteiger charge is -2.05. The fourth-order valence-electron chi connectivity index (χ4n) is 2.32. The number of nitrogens with zero attached hydrogens (tertiary/aromatic N) is 3. The van der Waals surface area contributed by atoms with E-state index >= 15 is 0 Å². The van der Waals surface area contributed by atoms with Crippen LogP contribution in [0.2, 0.25) is 0 Å². The van der Waals surface area contributed by atoms with Gasteiger partial charge in [0.25, 0.3) is 0 Å². The Morgan fingerprint density at radius 3 is 2.95 bits per heavy atom. The maximum atomic E-state index is 5.90. The highest BCUT2D eigenvalue weighted by atomic mass is 127. The van der Waals surface area contributed by atoms with Gasteiger partial charge in [-0.3, -0.25) is 0 Å². The Labute approximate surface area is 141 Å². The number of fused-ring (bicyclic) bond motifs is 1. The van der Waals surface area contributed by atoms with Crippen molar-refractivity contribution < 1.29 is 4.42 Å². The van der Waals surface area contributed by atoms with Gasteiger partial charge in [0.05, 0.1) is 17.2 Å². The van der Waals surface area contributed by atoms with Crippen LogP contribution < -0.4 is 0 Å². The Hall–Kier alpha value is -1.08. The van der Waals surface area contributed by atoms with Crippen molar-refractivity contribution in [2.75, 3.05) is 5.88 Å². The minimum absolute atomic E-state index is 0.548. The number of hydrogen-bond donors (Lipinski definition) is 0. The van der Waals surface area contributed by atoms with Crippen molar-refractivity contribution in [1.29, 1.82) is 0 Å². The normalized spacial score (nSPS) is 11.4. The van der Waals surface area contributed by atoms with E-state index in [1.165, 1.54) is 3.57 Å². The first-order valence-corrected chi connectivity index (χ1v) is 8.46. The van der Waals surface area contributed by atoms with Gasteiger partial charge in [-0.15, -0.1) is 11.6 Å². The number of halogens is 2. The van der Waals surface area contributed by atoms with E-state index in [9.17, 15) is 0 Å². The topological polar surface area (TPSA) is 43.9 Å². The standard InChI is InChI=1S/C15H15ClIN3O/c1-2-11-8-18-15(21-11)9-20-13-4-3-10(17)7-12(13)19-14(20)5-6-16/h3-4,7-8H,2,5-6,9H2,1H3. The number of benzene rings is 1. The highest BCUT2D eigenvalue weighted by Crippen LogP contribution is 2.21. The van der Waals surface area contributed by atoms with E-state index in [0.717, 1.165) is 35.5 Å². The maximum absolute atomic E-state index is 5.90. The summed E-state index contributed by atoms with van der Waals surface area (Å²) < 4.78 is 9.03. The molecule has 0 aliphatic rings. The first-order valence-electron chi connectivity index (χ1n) is 6.85. The predicted octanol–water partition coefficient (Wildman–Crippen LogP) is 4.02. The van der Waals surface area contributed by atoms with Crippen molar-refractivity contribution in [1.82, 2.24) is 14.5 Å². The molecule has 0 N–H and O–H groups in total. The zero-order valence-electron chi connectivity index (χ0n) is 11.6. The van der Waals surface area contributed by atoms with E-state index < -0.39 is 0 Å². The molecule has 0 aliphatic carbocycles. The molecular formula is C15H15ClIN3O. The molecule has 0 spiro atoms. The van der Waals surface area contributed by atoms with Crippen LogP contribution >= 0.6 is 34.2 Å². The molecule has 21 heavy (non-hydrogen) atoms. The second kappa shape index (κ2) is 6.36. The Morgan fingerprint density at radius 1 is 1.38 bits per heavy atom. The van der Waals surface area contributed by atoms with E-state index in [1.54, 1.807) is 6.20 Å². The number of hydrogen-bond acceptors (Lipinski definition) is 3. The van der Waals surface area contributed by atoms with Gasteiger partial charge < -0.3 is 8.98 Å². The fraction of sp³-hybridized carbons (Fsp3) is 0.333. The molecule has 0 bridgehead atoms. The van der Waals surface area contributed by atoms with Gasteiger partial charge in [0, 0.05) is 22.3 Å². The summed E-state index contributed by atoms with van der Waals surface area (Å²) in [5, 5.41) is 0. The molecule has 0 fully saturated rings. The summed E-state index contributed by atoms with van der Waals surface area (Å²) in [5.41, 5.74) is 2.08. The molecule has 0 unspecified atom stereocenters. The number of aryl methyl sites for hydroxylation is 2. The van der Waals surface area contributed by atoms with Crippen molar-refractivity contribution in [3.8, 4) is 0 Å². The zero-order valence-corrected chi connectivity index (χ0v) is 14.6. The number of oxazole rings is 1. The molecule has 0 radical (unpaired) electrons. The van der Waals surface area contributed by atoms with Crippen molar-refractivity contribution in [2.45, 2.75) is 26.3 Å². The summed E-state index contributed by atoms with van der Waals surface area (Å²) in [7, 11) is 0. The molecule has 3 rings (SSSR count). The molecule has 4 nitrogen and oxygen atoms in total. The van der Waals surface area contributed by atoms with Gasteiger partial charge in [-0.05, 0) is 40.8 Å². The van der Waals surface area contributed by atoms with Crippen LogP contribution in [0.25, 0.3) is 11.0 Å². The van der Waals surface area contributed by atoms with Crippen LogP contribution in [0, 0.1) is 3.57 Å². The van der Waals surface area contributed by atoms with Crippen LogP contribution in [-0.4, -0.2) is 20.4 Å². The lowest BCUT2D eigenvalue weighted by molar-refractivity contribution is 0.445. The van der Waals surface area contributed by atoms with E-state index in [0.29, 0.717) is 18.3 Å². The molecule has 1 aromatic carbocycles. The third-order valence-corrected chi connectivity index (χ3v) is 4.21. The van der Waals surface area contributed by atoms with Crippen LogP contribution in [0.4, 0.5) is 0 Å². The van der Waals surface area contributed by atoms with Crippen molar-refractivity contribution >= 4 is 45.2 Å². The molecule has 0 amide bonds. The zero-order chi connectivity index (χ0) is 14.8. The molecule has 0 saturated heterocycles. The van der Waals surface area contributed by atoms with E-state index in [-0.39, 0.29) is 0 Å². The first-order chi connectivity index (χ1) is 10.2. The summed E-state index contributed by atoms with van der Waals surface area (Å²) in [6, 6.07) is 6.25. The van der Waals surface area contributed by atoms with Gasteiger partial charge in [0.15, 0.2) is 0 Å². The van der Waals surface area contributed by atoms with Crippen molar-refractivity contribution in [2.24, 2.45) is 0 Å². The summed E-state index contributed by atoms with van der Waals surface area (Å²) in [6.45, 7) is 2.64. The lowest BCUT2D eigenvalue weighted by atomic mass is 10.3. The quantitative estimate of drug-likeness (QED) is 0.467. The van der Waals surface area contributed by atoms with Gasteiger partial charge in [0.1, 0.15) is 18.1 Å².